The Bertz CT molecular complexity index is 233. The van der Waals surface area contributed by atoms with Crippen LogP contribution in [0, 0.1) is 0 Å². The van der Waals surface area contributed by atoms with Crippen molar-refractivity contribution >= 4 is 23.1 Å². The van der Waals surface area contributed by atoms with Crippen LogP contribution in [0.3, 0.4) is 0 Å². The van der Waals surface area contributed by atoms with Crippen LogP contribution in [-0.4, -0.2) is 5.78 Å². The average molecular weight is 187 g/mol. The van der Waals surface area contributed by atoms with Gasteiger partial charge in [0.05, 0.1) is 0 Å². The fourth-order valence-corrected chi connectivity index (χ4v) is 1.89. The van der Waals surface area contributed by atoms with Crippen molar-refractivity contribution in [2.75, 3.05) is 0 Å². The van der Waals surface area contributed by atoms with E-state index in [2.05, 4.69) is 14.0 Å². The number of allylic oxidation sites excluding steroid dienone is 3. The van der Waals surface area contributed by atoms with Crippen molar-refractivity contribution < 1.29 is 4.79 Å². The Morgan fingerprint density at radius 3 is 3.09 bits per heavy atom. The molecule has 0 amide bonds. The molecule has 0 fully saturated rings. The van der Waals surface area contributed by atoms with Crippen molar-refractivity contribution in [1.29, 1.82) is 0 Å². The predicted octanol–water partition coefficient (Wildman–Crippen LogP) is 1.76. The minimum atomic E-state index is 0.167. The third-order valence-corrected chi connectivity index (χ3v) is 2.41. The molecule has 0 aromatic carbocycles. The van der Waals surface area contributed by atoms with Crippen LogP contribution in [0.25, 0.3) is 0 Å². The highest BCUT2D eigenvalue weighted by molar-refractivity contribution is 8.01. The van der Waals surface area contributed by atoms with Gasteiger partial charge >= 0.3 is 0 Å². The summed E-state index contributed by atoms with van der Waals surface area (Å²) in [7, 11) is 3.17. The predicted molar refractivity (Wildman–Crippen MR) is 52.6 cm³/mol. The van der Waals surface area contributed by atoms with Gasteiger partial charge in [0.15, 0.2) is 5.78 Å². The van der Waals surface area contributed by atoms with Crippen molar-refractivity contribution in [2.24, 2.45) is 0 Å². The number of nitrogens with one attached hydrogen (secondary N) is 1. The van der Waals surface area contributed by atoms with E-state index in [0.717, 1.165) is 17.7 Å². The van der Waals surface area contributed by atoms with E-state index in [9.17, 15) is 4.79 Å². The Balaban J connectivity index is 2.75. The second-order valence-corrected chi connectivity index (χ2v) is 3.73. The molecule has 1 N–H and O–H groups in total. The number of hydrogen-bond donors (Lipinski definition) is 1. The second kappa shape index (κ2) is 3.99. The monoisotopic (exact) mass is 187 g/mol. The van der Waals surface area contributed by atoms with Gasteiger partial charge in [-0.2, -0.15) is 0 Å². The summed E-state index contributed by atoms with van der Waals surface area (Å²) in [5.41, 5.74) is 1.89. The highest BCUT2D eigenvalue weighted by Crippen LogP contribution is 2.24. The van der Waals surface area contributed by atoms with E-state index in [1.54, 1.807) is 6.92 Å². The average Bonchev–Trinajstić information content (AvgIpc) is 2.36. The Kier molecular flexibility index (Phi) is 3.23. The molecule has 2 unspecified atom stereocenters. The molecule has 60 valence electrons. The molecule has 0 aliphatic heterocycles. The van der Waals surface area contributed by atoms with Crippen LogP contribution in [0.5, 0.6) is 0 Å². The SMILES string of the molecule is CC(=O)C1=C(NPP)C=CC1. The Morgan fingerprint density at radius 1 is 1.82 bits per heavy atom. The minimum Gasteiger partial charge on any atom is -0.363 e. The van der Waals surface area contributed by atoms with Crippen LogP contribution in [0.1, 0.15) is 13.3 Å². The molecule has 0 aromatic heterocycles. The van der Waals surface area contributed by atoms with Crippen molar-refractivity contribution in [2.45, 2.75) is 13.3 Å². The zero-order chi connectivity index (χ0) is 8.27. The normalized spacial score (nSPS) is 16.9. The van der Waals surface area contributed by atoms with Gasteiger partial charge < -0.3 is 5.09 Å². The first-order chi connectivity index (χ1) is 5.25. The quantitative estimate of drug-likeness (QED) is 0.682. The van der Waals surface area contributed by atoms with E-state index in [-0.39, 0.29) is 5.78 Å². The van der Waals surface area contributed by atoms with E-state index < -0.39 is 0 Å². The van der Waals surface area contributed by atoms with Gasteiger partial charge in [-0.05, 0) is 27.8 Å². The number of rotatable bonds is 3. The van der Waals surface area contributed by atoms with E-state index in [1.807, 2.05) is 12.2 Å². The van der Waals surface area contributed by atoms with Crippen LogP contribution in [0.2, 0.25) is 0 Å². The third-order valence-electron chi connectivity index (χ3n) is 1.56. The summed E-state index contributed by atoms with van der Waals surface area (Å²) in [4.78, 5) is 11.0. The van der Waals surface area contributed by atoms with E-state index in [1.165, 1.54) is 0 Å². The summed E-state index contributed by atoms with van der Waals surface area (Å²) >= 11 is 0. The highest BCUT2D eigenvalue weighted by atomic mass is 32.0. The maximum absolute atomic E-state index is 11.0. The van der Waals surface area contributed by atoms with E-state index in [0.29, 0.717) is 8.42 Å². The molecular formula is C7H11NOP2. The third kappa shape index (κ3) is 2.12. The minimum absolute atomic E-state index is 0.167. The van der Waals surface area contributed by atoms with Crippen molar-refractivity contribution in [1.82, 2.24) is 5.09 Å². The molecule has 0 spiro atoms. The van der Waals surface area contributed by atoms with Gasteiger partial charge in [-0.25, -0.2) is 0 Å². The maximum atomic E-state index is 11.0. The number of Topliss-reactive ketones (excluding diaryl/α,β-unsaturated/α-hetero) is 1. The molecule has 0 heterocycles. The lowest BCUT2D eigenvalue weighted by atomic mass is 10.1. The fourth-order valence-electron chi connectivity index (χ4n) is 1.03. The van der Waals surface area contributed by atoms with Crippen LogP contribution < -0.4 is 5.09 Å². The molecule has 2 nitrogen and oxygen atoms in total. The molecule has 1 aliphatic rings. The van der Waals surface area contributed by atoms with Gasteiger partial charge in [-0.3, -0.25) is 4.79 Å². The van der Waals surface area contributed by atoms with Gasteiger partial charge in [0.2, 0.25) is 0 Å². The highest BCUT2D eigenvalue weighted by Gasteiger charge is 2.11. The first-order valence-corrected chi connectivity index (χ1v) is 6.19. The lowest BCUT2D eigenvalue weighted by molar-refractivity contribution is -0.113. The van der Waals surface area contributed by atoms with E-state index in [4.69, 9.17) is 0 Å². The number of ketones is 1. The first kappa shape index (κ1) is 8.90. The lowest BCUT2D eigenvalue weighted by Crippen LogP contribution is -2.03. The summed E-state index contributed by atoms with van der Waals surface area (Å²) in [5, 5.41) is 3.14. The number of carbonyl (C=O) groups is 1. The zero-order valence-corrected chi connectivity index (χ0v) is 8.50. The smallest absolute Gasteiger partial charge is 0.158 e. The number of carbonyl (C=O) groups excluding carboxylic acids is 1. The first-order valence-electron chi connectivity index (χ1n) is 3.38. The van der Waals surface area contributed by atoms with Gasteiger partial charge in [0.25, 0.3) is 0 Å². The maximum Gasteiger partial charge on any atom is 0.158 e. The van der Waals surface area contributed by atoms with Crippen LogP contribution in [0.15, 0.2) is 23.4 Å². The van der Waals surface area contributed by atoms with Crippen molar-refractivity contribution in [3.05, 3.63) is 23.4 Å². The molecule has 1 aliphatic carbocycles. The zero-order valence-electron chi connectivity index (χ0n) is 6.35. The Morgan fingerprint density at radius 2 is 2.55 bits per heavy atom. The van der Waals surface area contributed by atoms with Gasteiger partial charge in [0.1, 0.15) is 0 Å². The standard InChI is InChI=1S/C7H11NOP2/c1-5(9)6-3-2-4-7(6)8-11-10/h2,4,8,11H,3,10H2,1H3. The molecule has 2 atom stereocenters. The fraction of sp³-hybridized carbons (Fsp3) is 0.286. The summed E-state index contributed by atoms with van der Waals surface area (Å²) < 4.78 is 0. The number of hydrogen-bond acceptors (Lipinski definition) is 2. The van der Waals surface area contributed by atoms with Gasteiger partial charge in [-0.1, -0.05) is 15.0 Å². The summed E-state index contributed by atoms with van der Waals surface area (Å²) in [6.45, 7) is 1.61. The largest absolute Gasteiger partial charge is 0.363 e. The molecule has 0 aromatic rings. The molecule has 4 heteroatoms. The molecule has 11 heavy (non-hydrogen) atoms. The topological polar surface area (TPSA) is 29.1 Å². The molecule has 0 saturated carbocycles. The Hall–Kier alpha value is -0.190. The Labute approximate surface area is 70.5 Å². The molecule has 0 bridgehead atoms. The molecular weight excluding hydrogens is 176 g/mol. The van der Waals surface area contributed by atoms with Crippen LogP contribution >= 0.6 is 17.3 Å². The molecule has 1 rings (SSSR count). The second-order valence-electron chi connectivity index (χ2n) is 2.32. The molecule has 0 radical (unpaired) electrons. The van der Waals surface area contributed by atoms with E-state index >= 15 is 0 Å². The van der Waals surface area contributed by atoms with Crippen molar-refractivity contribution in [3.8, 4) is 0 Å². The molecule has 0 saturated heterocycles. The summed E-state index contributed by atoms with van der Waals surface area (Å²) in [5.74, 6) is 0.167. The lowest BCUT2D eigenvalue weighted by Gasteiger charge is -2.03. The summed E-state index contributed by atoms with van der Waals surface area (Å²) in [6, 6.07) is 0. The van der Waals surface area contributed by atoms with Gasteiger partial charge in [0, 0.05) is 11.3 Å². The van der Waals surface area contributed by atoms with Gasteiger partial charge in [-0.15, -0.1) is 0 Å². The summed E-state index contributed by atoms with van der Waals surface area (Å²) in [6.07, 6.45) is 4.75. The van der Waals surface area contributed by atoms with Crippen LogP contribution in [-0.2, 0) is 4.79 Å². The van der Waals surface area contributed by atoms with Crippen LogP contribution in [0.4, 0.5) is 0 Å². The van der Waals surface area contributed by atoms with Crippen molar-refractivity contribution in [3.63, 3.8) is 0 Å².